The summed E-state index contributed by atoms with van der Waals surface area (Å²) in [6, 6.07) is 0. The van der Waals surface area contributed by atoms with Crippen LogP contribution in [-0.4, -0.2) is 58.6 Å². The number of rotatable bonds is 8. The molecule has 1 spiro atoms. The highest BCUT2D eigenvalue weighted by molar-refractivity contribution is 7.90. The van der Waals surface area contributed by atoms with Crippen molar-refractivity contribution in [3.63, 3.8) is 0 Å². The molecule has 14 heteroatoms. The standard InChI is InChI=1S/C29H51N3O8SSi2/c1-19(2)14-15-31-24(33)20(3)16-32(26(31)34)25-23(39-43(12,13)28(7,8)9)29(21(30)18-41(35,36)40-29)22(38-25)17-37-42(10,11)27(4,5)6/h14,16,18,22-23,25H,15,17,30H2,1-13H3/t22-,23+,25-,29-/m1/s1. The molecule has 0 bridgehead atoms. The van der Waals surface area contributed by atoms with Crippen LogP contribution >= 0.6 is 0 Å². The molecule has 1 saturated heterocycles. The molecule has 0 radical (unpaired) electrons. The number of aryl methyl sites for hydroxylation is 1. The second-order valence-corrected chi connectivity index (χ2v) is 26.0. The highest BCUT2D eigenvalue weighted by atomic mass is 32.2. The molecule has 244 valence electrons. The predicted molar refractivity (Wildman–Crippen MR) is 173 cm³/mol. The van der Waals surface area contributed by atoms with E-state index < -0.39 is 62.0 Å². The normalized spacial score (nSPS) is 26.2. The molecular weight excluding hydrogens is 607 g/mol. The molecule has 0 aliphatic carbocycles. The third kappa shape index (κ3) is 6.75. The SMILES string of the molecule is CC(C)=CCn1c(=O)c(C)cn([C@@H]2O[C@H](CO[Si](C)(C)C(C)(C)C)[C@@]3(OS(=O)(=O)C=C3N)[C@H]2O[Si](C)(C)C(C)(C)C)c1=O. The van der Waals surface area contributed by atoms with Crippen LogP contribution in [0.1, 0.15) is 67.2 Å². The molecule has 1 aromatic heterocycles. The molecule has 3 heterocycles. The van der Waals surface area contributed by atoms with Gasteiger partial charge in [0.2, 0.25) is 0 Å². The summed E-state index contributed by atoms with van der Waals surface area (Å²) < 4.78 is 54.4. The van der Waals surface area contributed by atoms with E-state index in [1.807, 2.05) is 26.9 Å². The van der Waals surface area contributed by atoms with Gasteiger partial charge in [-0.1, -0.05) is 53.2 Å². The van der Waals surface area contributed by atoms with Crippen molar-refractivity contribution in [3.8, 4) is 0 Å². The Hall–Kier alpha value is -1.82. The van der Waals surface area contributed by atoms with Crippen molar-refractivity contribution in [2.24, 2.45) is 5.73 Å². The second-order valence-electron chi connectivity index (χ2n) is 15.0. The zero-order chi connectivity index (χ0) is 33.1. The minimum Gasteiger partial charge on any atom is -0.414 e. The van der Waals surface area contributed by atoms with Crippen molar-refractivity contribution in [1.29, 1.82) is 0 Å². The highest BCUT2D eigenvalue weighted by Crippen LogP contribution is 2.52. The van der Waals surface area contributed by atoms with E-state index in [2.05, 4.69) is 54.6 Å². The van der Waals surface area contributed by atoms with Gasteiger partial charge in [-0.2, -0.15) is 8.42 Å². The maximum Gasteiger partial charge on any atom is 0.333 e. The molecular formula is C29H51N3O8SSi2. The first kappa shape index (κ1) is 35.7. The Morgan fingerprint density at radius 3 is 2.09 bits per heavy atom. The fourth-order valence-electron chi connectivity index (χ4n) is 4.59. The summed E-state index contributed by atoms with van der Waals surface area (Å²) in [5, 5.41) is 0.449. The molecule has 11 nitrogen and oxygen atoms in total. The van der Waals surface area contributed by atoms with Gasteiger partial charge in [-0.3, -0.25) is 13.9 Å². The van der Waals surface area contributed by atoms with E-state index in [1.54, 1.807) is 13.0 Å². The topological polar surface area (TPSA) is 141 Å². The number of hydrogen-bond acceptors (Lipinski definition) is 9. The van der Waals surface area contributed by atoms with Gasteiger partial charge in [0.1, 0.15) is 12.2 Å². The van der Waals surface area contributed by atoms with Gasteiger partial charge in [-0.05, 0) is 57.0 Å². The van der Waals surface area contributed by atoms with Crippen molar-refractivity contribution in [1.82, 2.24) is 9.13 Å². The smallest absolute Gasteiger partial charge is 0.333 e. The van der Waals surface area contributed by atoms with Crippen LogP contribution in [0.3, 0.4) is 0 Å². The molecule has 0 saturated carbocycles. The summed E-state index contributed by atoms with van der Waals surface area (Å²) in [5.74, 6) is 0. The maximum absolute atomic E-state index is 14.0. The molecule has 0 aromatic carbocycles. The lowest BCUT2D eigenvalue weighted by molar-refractivity contribution is -0.0567. The molecule has 4 atom stereocenters. The average molecular weight is 658 g/mol. The minimum absolute atomic E-state index is 0.0421. The van der Waals surface area contributed by atoms with E-state index in [4.69, 9.17) is 23.5 Å². The van der Waals surface area contributed by atoms with Crippen LogP contribution in [0.5, 0.6) is 0 Å². The van der Waals surface area contributed by atoms with Crippen LogP contribution in [0, 0.1) is 6.92 Å². The van der Waals surface area contributed by atoms with Gasteiger partial charge < -0.3 is 19.3 Å². The van der Waals surface area contributed by atoms with E-state index in [0.717, 1.165) is 15.5 Å². The predicted octanol–water partition coefficient (Wildman–Crippen LogP) is 4.49. The van der Waals surface area contributed by atoms with Gasteiger partial charge in [-0.25, -0.2) is 8.98 Å². The monoisotopic (exact) mass is 657 g/mol. The Kier molecular flexibility index (Phi) is 9.55. The van der Waals surface area contributed by atoms with Gasteiger partial charge in [0.05, 0.1) is 17.7 Å². The number of ether oxygens (including phenoxy) is 1. The molecule has 1 fully saturated rings. The number of nitrogens with zero attached hydrogens (tertiary/aromatic N) is 2. The van der Waals surface area contributed by atoms with Gasteiger partial charge in [0, 0.05) is 18.3 Å². The van der Waals surface area contributed by atoms with Crippen LogP contribution < -0.4 is 17.0 Å². The zero-order valence-corrected chi connectivity index (χ0v) is 30.8. The molecule has 2 N–H and O–H groups in total. The Balaban J connectivity index is 2.31. The fraction of sp³-hybridized carbons (Fsp3) is 0.724. The van der Waals surface area contributed by atoms with Crippen LogP contribution in [0.15, 0.2) is 38.5 Å². The van der Waals surface area contributed by atoms with E-state index in [1.165, 1.54) is 10.8 Å². The van der Waals surface area contributed by atoms with E-state index in [0.29, 0.717) is 5.56 Å². The summed E-state index contributed by atoms with van der Waals surface area (Å²) in [5.41, 5.74) is 4.89. The lowest BCUT2D eigenvalue weighted by atomic mass is 9.89. The van der Waals surface area contributed by atoms with E-state index in [-0.39, 0.29) is 28.9 Å². The zero-order valence-electron chi connectivity index (χ0n) is 28.0. The quantitative estimate of drug-likeness (QED) is 0.243. The van der Waals surface area contributed by atoms with E-state index in [9.17, 15) is 18.0 Å². The van der Waals surface area contributed by atoms with Gasteiger partial charge in [0.15, 0.2) is 28.5 Å². The molecule has 3 rings (SSSR count). The Morgan fingerprint density at radius 2 is 1.63 bits per heavy atom. The summed E-state index contributed by atoms with van der Waals surface area (Å²) in [6.07, 6.45) is -0.144. The molecule has 43 heavy (non-hydrogen) atoms. The average Bonchev–Trinajstić information content (AvgIpc) is 3.24. The van der Waals surface area contributed by atoms with Crippen molar-refractivity contribution < 1.29 is 26.2 Å². The Bertz CT molecular complexity index is 1530. The van der Waals surface area contributed by atoms with Crippen LogP contribution in [0.2, 0.25) is 36.3 Å². The third-order valence-electron chi connectivity index (χ3n) is 9.39. The van der Waals surface area contributed by atoms with Crippen molar-refractivity contribution >= 4 is 26.8 Å². The number of hydrogen-bond donors (Lipinski definition) is 1. The van der Waals surface area contributed by atoms with Gasteiger partial charge >= 0.3 is 5.69 Å². The van der Waals surface area contributed by atoms with Crippen molar-refractivity contribution in [2.45, 2.75) is 129 Å². The molecule has 0 unspecified atom stereocenters. The van der Waals surface area contributed by atoms with Crippen molar-refractivity contribution in [2.75, 3.05) is 6.61 Å². The molecule has 2 aliphatic heterocycles. The van der Waals surface area contributed by atoms with Crippen molar-refractivity contribution in [3.05, 3.63) is 55.4 Å². The largest absolute Gasteiger partial charge is 0.414 e. The first-order valence-corrected chi connectivity index (χ1v) is 21.9. The minimum atomic E-state index is -4.21. The van der Waals surface area contributed by atoms with Gasteiger partial charge in [-0.15, -0.1) is 0 Å². The van der Waals surface area contributed by atoms with Gasteiger partial charge in [0.25, 0.3) is 15.7 Å². The molecule has 0 amide bonds. The number of nitrogens with two attached hydrogens (primary N) is 1. The maximum atomic E-state index is 14.0. The Morgan fingerprint density at radius 1 is 1.07 bits per heavy atom. The summed E-state index contributed by atoms with van der Waals surface area (Å²) in [6.45, 7) is 26.0. The first-order valence-electron chi connectivity index (χ1n) is 14.6. The third-order valence-corrected chi connectivity index (χ3v) is 19.4. The van der Waals surface area contributed by atoms with Crippen LogP contribution in [0.4, 0.5) is 0 Å². The number of allylic oxidation sites excluding steroid dienone is 2. The molecule has 2 aliphatic rings. The number of aromatic nitrogens is 2. The summed E-state index contributed by atoms with van der Waals surface area (Å²) in [7, 11) is -9.24. The molecule has 1 aromatic rings. The second kappa shape index (κ2) is 11.5. The highest BCUT2D eigenvalue weighted by Gasteiger charge is 2.67. The summed E-state index contributed by atoms with van der Waals surface area (Å²) in [4.78, 5) is 27.0. The lowest BCUT2D eigenvalue weighted by Gasteiger charge is -2.43. The van der Waals surface area contributed by atoms with Crippen LogP contribution in [-0.2, 0) is 34.4 Å². The lowest BCUT2D eigenvalue weighted by Crippen LogP contribution is -2.59. The fourth-order valence-corrected chi connectivity index (χ4v) is 8.10. The first-order chi connectivity index (χ1) is 19.3. The van der Waals surface area contributed by atoms with E-state index >= 15 is 0 Å². The summed E-state index contributed by atoms with van der Waals surface area (Å²) >= 11 is 0. The Labute approximate surface area is 258 Å². The van der Waals surface area contributed by atoms with Crippen LogP contribution in [0.25, 0.3) is 0 Å².